The zero-order chi connectivity index (χ0) is 37.9. The average Bonchev–Trinajstić information content (AvgIpc) is 3.65. The van der Waals surface area contributed by atoms with Gasteiger partial charge in [0.1, 0.15) is 0 Å². The average molecular weight is 778 g/mol. The molecule has 0 aliphatic heterocycles. The molecule has 0 saturated carbocycles. The highest BCUT2D eigenvalue weighted by atomic mass is 79.9. The molecule has 3 heteroatoms. The van der Waals surface area contributed by atoms with Crippen molar-refractivity contribution in [2.45, 2.75) is 66.7 Å². The molecule has 0 fully saturated rings. The van der Waals surface area contributed by atoms with Gasteiger partial charge in [-0.1, -0.05) is 101 Å². The van der Waals surface area contributed by atoms with Gasteiger partial charge >= 0.3 is 0 Å². The van der Waals surface area contributed by atoms with Gasteiger partial charge in [-0.2, -0.15) is 0 Å². The molecule has 7 aromatic carbocycles. The van der Waals surface area contributed by atoms with Crippen LogP contribution in [0.5, 0.6) is 0 Å². The third-order valence-corrected chi connectivity index (χ3v) is 13.3. The summed E-state index contributed by atoms with van der Waals surface area (Å²) >= 11 is 4.35. The van der Waals surface area contributed by atoms with E-state index in [1.807, 2.05) is 0 Å². The first-order valence-electron chi connectivity index (χ1n) is 19.6. The van der Waals surface area contributed by atoms with E-state index in [4.69, 9.17) is 0 Å². The Hall–Kier alpha value is -5.38. The first-order valence-corrected chi connectivity index (χ1v) is 20.4. The number of benzene rings is 7. The molecular weight excluding hydrogens is 732 g/mol. The van der Waals surface area contributed by atoms with Crippen molar-refractivity contribution in [2.24, 2.45) is 0 Å². The van der Waals surface area contributed by atoms with Crippen LogP contribution >= 0.6 is 15.9 Å². The van der Waals surface area contributed by atoms with Crippen molar-refractivity contribution in [2.75, 3.05) is 0 Å². The minimum Gasteiger partial charge on any atom is -0.309 e. The Morgan fingerprint density at radius 1 is 0.491 bits per heavy atom. The second kappa shape index (κ2) is 12.6. The van der Waals surface area contributed by atoms with E-state index in [2.05, 4.69) is 195 Å². The Labute approximate surface area is 332 Å². The number of aryl methyl sites for hydroxylation is 6. The van der Waals surface area contributed by atoms with Crippen LogP contribution in [0.1, 0.15) is 68.8 Å². The quantitative estimate of drug-likeness (QED) is 0.168. The molecule has 2 unspecified atom stereocenters. The van der Waals surface area contributed by atoms with Crippen LogP contribution in [0, 0.1) is 41.5 Å². The standard InChI is InChI=1S/C52H45BrN2/c1-29-8-14-36-26-39(38-15-9-30(2)21-42(38)41(36)20-29)35(7)40-27-37(54-47-16-10-31(3)22-43(47)44-23-32(4)11-17-48(44)54)28-51(52(40)53)55-49-18-12-33(5)24-45(49)46-25-34(6)13-19-50(46)55/h8-25,27-28,35,39H,26H2,1-7H3. The minimum absolute atomic E-state index is 0.208. The number of rotatable bonds is 4. The van der Waals surface area contributed by atoms with Gasteiger partial charge in [0.2, 0.25) is 0 Å². The van der Waals surface area contributed by atoms with Crippen molar-refractivity contribution in [1.82, 2.24) is 9.13 Å². The van der Waals surface area contributed by atoms with Crippen LogP contribution in [0.25, 0.3) is 66.1 Å². The lowest BCUT2D eigenvalue weighted by molar-refractivity contribution is 0.565. The highest BCUT2D eigenvalue weighted by Gasteiger charge is 2.32. The van der Waals surface area contributed by atoms with Crippen molar-refractivity contribution in [3.05, 3.63) is 176 Å². The number of hydrogen-bond donors (Lipinski definition) is 0. The third-order valence-electron chi connectivity index (χ3n) is 12.4. The number of halogens is 1. The van der Waals surface area contributed by atoms with Gasteiger partial charge in [-0.25, -0.2) is 0 Å². The Bertz CT molecular complexity index is 2940. The summed E-state index contributed by atoms with van der Waals surface area (Å²) in [5.41, 5.74) is 21.9. The molecule has 270 valence electrons. The third kappa shape index (κ3) is 5.34. The zero-order valence-corrected chi connectivity index (χ0v) is 34.3. The van der Waals surface area contributed by atoms with Crippen LogP contribution in [0.15, 0.2) is 126 Å². The van der Waals surface area contributed by atoms with Crippen molar-refractivity contribution in [3.63, 3.8) is 0 Å². The number of hydrogen-bond acceptors (Lipinski definition) is 0. The largest absolute Gasteiger partial charge is 0.309 e. The molecule has 0 saturated heterocycles. The summed E-state index contributed by atoms with van der Waals surface area (Å²) < 4.78 is 6.17. The fourth-order valence-corrected chi connectivity index (χ4v) is 10.4. The molecule has 2 aromatic heterocycles. The fraction of sp³-hybridized carbons (Fsp3) is 0.192. The molecule has 9 aromatic rings. The maximum absolute atomic E-state index is 4.35. The van der Waals surface area contributed by atoms with Crippen LogP contribution in [-0.2, 0) is 6.42 Å². The summed E-state index contributed by atoms with van der Waals surface area (Å²) in [6.07, 6.45) is 1.00. The molecule has 1 aliphatic rings. The summed E-state index contributed by atoms with van der Waals surface area (Å²) in [6, 6.07) is 46.8. The lowest BCUT2D eigenvalue weighted by atomic mass is 9.71. The molecule has 55 heavy (non-hydrogen) atoms. The summed E-state index contributed by atoms with van der Waals surface area (Å²) in [5.74, 6) is 0.510. The normalized spacial score (nSPS) is 14.6. The summed E-state index contributed by atoms with van der Waals surface area (Å²) in [5, 5.41) is 5.17. The monoisotopic (exact) mass is 776 g/mol. The van der Waals surface area contributed by atoms with E-state index in [1.54, 1.807) is 0 Å². The molecule has 0 bridgehead atoms. The number of aromatic nitrogens is 2. The van der Waals surface area contributed by atoms with Gasteiger partial charge in [0, 0.05) is 31.7 Å². The number of fused-ring (bicyclic) bond motifs is 9. The Morgan fingerprint density at radius 2 is 0.927 bits per heavy atom. The SMILES string of the molecule is Cc1ccc2c(c1)-c1cc(C)ccc1C(C(C)c1cc(-n3c4ccc(C)cc4c4cc(C)ccc43)cc(-n3c4ccc(C)cc4c4cc(C)ccc43)c1Br)C2. The molecule has 0 radical (unpaired) electrons. The van der Waals surface area contributed by atoms with Crippen molar-refractivity contribution in [1.29, 1.82) is 0 Å². The lowest BCUT2D eigenvalue weighted by Gasteiger charge is -2.34. The predicted molar refractivity (Wildman–Crippen MR) is 238 cm³/mol. The highest BCUT2D eigenvalue weighted by molar-refractivity contribution is 9.10. The van der Waals surface area contributed by atoms with E-state index < -0.39 is 0 Å². The molecule has 0 N–H and O–H groups in total. The van der Waals surface area contributed by atoms with Gasteiger partial charge in [0.05, 0.1) is 27.8 Å². The van der Waals surface area contributed by atoms with Gasteiger partial charge in [-0.3, -0.25) is 0 Å². The second-order valence-electron chi connectivity index (χ2n) is 16.5. The Morgan fingerprint density at radius 3 is 1.45 bits per heavy atom. The van der Waals surface area contributed by atoms with Crippen LogP contribution in [0.4, 0.5) is 0 Å². The van der Waals surface area contributed by atoms with E-state index in [-0.39, 0.29) is 5.92 Å². The zero-order valence-electron chi connectivity index (χ0n) is 32.7. The van der Waals surface area contributed by atoms with Crippen LogP contribution in [0.3, 0.4) is 0 Å². The molecule has 2 atom stereocenters. The van der Waals surface area contributed by atoms with E-state index in [0.29, 0.717) is 5.92 Å². The van der Waals surface area contributed by atoms with Crippen LogP contribution in [0.2, 0.25) is 0 Å². The molecule has 1 aliphatic carbocycles. The molecular formula is C52H45BrN2. The molecule has 2 heterocycles. The van der Waals surface area contributed by atoms with Crippen LogP contribution in [-0.4, -0.2) is 9.13 Å². The van der Waals surface area contributed by atoms with Gasteiger partial charge in [-0.05, 0) is 164 Å². The van der Waals surface area contributed by atoms with Gasteiger partial charge in [-0.15, -0.1) is 0 Å². The van der Waals surface area contributed by atoms with Crippen molar-refractivity contribution < 1.29 is 0 Å². The van der Waals surface area contributed by atoms with Crippen molar-refractivity contribution >= 4 is 59.5 Å². The number of nitrogens with zero attached hydrogens (tertiary/aromatic N) is 2. The topological polar surface area (TPSA) is 9.86 Å². The smallest absolute Gasteiger partial charge is 0.0628 e. The molecule has 2 nitrogen and oxygen atoms in total. The summed E-state index contributed by atoms with van der Waals surface area (Å²) in [4.78, 5) is 0. The van der Waals surface area contributed by atoms with E-state index >= 15 is 0 Å². The van der Waals surface area contributed by atoms with Gasteiger partial charge in [0.25, 0.3) is 0 Å². The minimum atomic E-state index is 0.208. The lowest BCUT2D eigenvalue weighted by Crippen LogP contribution is -2.18. The summed E-state index contributed by atoms with van der Waals surface area (Å²) in [7, 11) is 0. The van der Waals surface area contributed by atoms with Crippen molar-refractivity contribution in [3.8, 4) is 22.5 Å². The maximum atomic E-state index is 4.35. The van der Waals surface area contributed by atoms with E-state index in [0.717, 1.165) is 16.6 Å². The Kier molecular flexibility index (Phi) is 7.81. The van der Waals surface area contributed by atoms with Crippen LogP contribution < -0.4 is 0 Å². The molecule has 10 rings (SSSR count). The first kappa shape index (κ1) is 34.1. The van der Waals surface area contributed by atoms with E-state index in [1.165, 1.54) is 110 Å². The second-order valence-corrected chi connectivity index (χ2v) is 17.3. The molecule has 0 spiro atoms. The highest BCUT2D eigenvalue weighted by Crippen LogP contribution is 2.49. The fourth-order valence-electron chi connectivity index (χ4n) is 9.63. The maximum Gasteiger partial charge on any atom is 0.0628 e. The van der Waals surface area contributed by atoms with E-state index in [9.17, 15) is 0 Å². The predicted octanol–water partition coefficient (Wildman–Crippen LogP) is 14.6. The first-order chi connectivity index (χ1) is 26.5. The van der Waals surface area contributed by atoms with Gasteiger partial charge < -0.3 is 9.13 Å². The summed E-state index contributed by atoms with van der Waals surface area (Å²) in [6.45, 7) is 15.7. The Balaban J connectivity index is 1.29. The molecule has 0 amide bonds. The van der Waals surface area contributed by atoms with Gasteiger partial charge in [0.15, 0.2) is 0 Å².